The highest BCUT2D eigenvalue weighted by Gasteiger charge is 2.20. The van der Waals surface area contributed by atoms with Gasteiger partial charge in [-0.05, 0) is 32.1 Å². The number of benzene rings is 1. The van der Waals surface area contributed by atoms with E-state index in [1.165, 1.54) is 12.8 Å². The SMILES string of the molecule is CCn1ccnc1-c1c(-c2ccccc2)ncn1CCCC1CCOC1. The Morgan fingerprint density at radius 3 is 2.81 bits per heavy atom. The monoisotopic (exact) mass is 350 g/mol. The molecule has 1 aliphatic heterocycles. The minimum Gasteiger partial charge on any atom is -0.381 e. The van der Waals surface area contributed by atoms with Crippen LogP contribution >= 0.6 is 0 Å². The maximum absolute atomic E-state index is 5.50. The van der Waals surface area contributed by atoms with Crippen molar-refractivity contribution >= 4 is 0 Å². The number of ether oxygens (including phenoxy) is 1. The fraction of sp³-hybridized carbons (Fsp3) is 0.429. The van der Waals surface area contributed by atoms with Crippen LogP contribution in [0.25, 0.3) is 22.8 Å². The van der Waals surface area contributed by atoms with Crippen molar-refractivity contribution in [1.82, 2.24) is 19.1 Å². The molecule has 1 saturated heterocycles. The molecule has 5 nitrogen and oxygen atoms in total. The maximum Gasteiger partial charge on any atom is 0.158 e. The molecule has 0 aliphatic carbocycles. The molecule has 136 valence electrons. The lowest BCUT2D eigenvalue weighted by Gasteiger charge is -2.13. The highest BCUT2D eigenvalue weighted by molar-refractivity contribution is 5.75. The van der Waals surface area contributed by atoms with Crippen molar-refractivity contribution in [2.24, 2.45) is 5.92 Å². The van der Waals surface area contributed by atoms with Gasteiger partial charge in [-0.25, -0.2) is 9.97 Å². The van der Waals surface area contributed by atoms with Gasteiger partial charge in [0.2, 0.25) is 0 Å². The molecule has 4 rings (SSSR count). The van der Waals surface area contributed by atoms with E-state index in [2.05, 4.69) is 45.3 Å². The smallest absolute Gasteiger partial charge is 0.158 e. The summed E-state index contributed by atoms with van der Waals surface area (Å²) < 4.78 is 9.96. The summed E-state index contributed by atoms with van der Waals surface area (Å²) in [4.78, 5) is 9.40. The van der Waals surface area contributed by atoms with Gasteiger partial charge in [0.1, 0.15) is 5.69 Å². The number of aryl methyl sites for hydroxylation is 2. The highest BCUT2D eigenvalue weighted by atomic mass is 16.5. The van der Waals surface area contributed by atoms with Crippen molar-refractivity contribution in [2.75, 3.05) is 13.2 Å². The van der Waals surface area contributed by atoms with Gasteiger partial charge in [0.05, 0.1) is 12.0 Å². The van der Waals surface area contributed by atoms with Crippen LogP contribution < -0.4 is 0 Å². The van der Waals surface area contributed by atoms with Gasteiger partial charge in [-0.2, -0.15) is 0 Å². The summed E-state index contributed by atoms with van der Waals surface area (Å²) in [6, 6.07) is 10.4. The van der Waals surface area contributed by atoms with E-state index >= 15 is 0 Å². The minimum atomic E-state index is 0.716. The van der Waals surface area contributed by atoms with Gasteiger partial charge in [0.15, 0.2) is 5.82 Å². The molecule has 0 amide bonds. The predicted octanol–water partition coefficient (Wildman–Crippen LogP) is 4.25. The molecule has 1 aromatic carbocycles. The van der Waals surface area contributed by atoms with Gasteiger partial charge >= 0.3 is 0 Å². The molecular formula is C21H26N4O. The molecule has 3 aromatic rings. The van der Waals surface area contributed by atoms with Crippen molar-refractivity contribution in [1.29, 1.82) is 0 Å². The van der Waals surface area contributed by atoms with E-state index in [4.69, 9.17) is 9.72 Å². The lowest BCUT2D eigenvalue weighted by Crippen LogP contribution is -2.07. The first-order valence-electron chi connectivity index (χ1n) is 9.56. The number of imidazole rings is 2. The third-order valence-electron chi connectivity index (χ3n) is 5.19. The first-order valence-corrected chi connectivity index (χ1v) is 9.56. The van der Waals surface area contributed by atoms with E-state index in [1.54, 1.807) is 0 Å². The van der Waals surface area contributed by atoms with Crippen molar-refractivity contribution in [3.05, 3.63) is 49.1 Å². The topological polar surface area (TPSA) is 44.9 Å². The Kier molecular flexibility index (Phi) is 5.16. The molecule has 0 bridgehead atoms. The molecule has 0 N–H and O–H groups in total. The second-order valence-electron chi connectivity index (χ2n) is 6.91. The molecule has 1 fully saturated rings. The van der Waals surface area contributed by atoms with Crippen LogP contribution in [0.3, 0.4) is 0 Å². The van der Waals surface area contributed by atoms with E-state index < -0.39 is 0 Å². The van der Waals surface area contributed by atoms with Crippen LogP contribution in [0.2, 0.25) is 0 Å². The Bertz CT molecular complexity index is 831. The van der Waals surface area contributed by atoms with Gasteiger partial charge in [0, 0.05) is 44.3 Å². The number of nitrogens with zero attached hydrogens (tertiary/aromatic N) is 4. The lowest BCUT2D eigenvalue weighted by atomic mass is 10.0. The zero-order valence-electron chi connectivity index (χ0n) is 15.3. The number of hydrogen-bond donors (Lipinski definition) is 0. The molecule has 1 unspecified atom stereocenters. The van der Waals surface area contributed by atoms with Gasteiger partial charge in [0.25, 0.3) is 0 Å². The first-order chi connectivity index (χ1) is 12.9. The van der Waals surface area contributed by atoms with E-state index in [0.717, 1.165) is 55.5 Å². The summed E-state index contributed by atoms with van der Waals surface area (Å²) in [6.45, 7) is 5.85. The van der Waals surface area contributed by atoms with Crippen LogP contribution in [0.1, 0.15) is 26.2 Å². The standard InChI is InChI=1S/C21H26N4O/c1-2-24-13-11-22-21(24)20-19(18-8-4-3-5-9-18)23-16-25(20)12-6-7-17-10-14-26-15-17/h3-5,8-9,11,13,16-17H,2,6-7,10,12,14-15H2,1H3. The van der Waals surface area contributed by atoms with Crippen LogP contribution in [-0.2, 0) is 17.8 Å². The molecule has 1 atom stereocenters. The molecule has 0 radical (unpaired) electrons. The van der Waals surface area contributed by atoms with Crippen molar-refractivity contribution in [3.63, 3.8) is 0 Å². The molecule has 1 aliphatic rings. The van der Waals surface area contributed by atoms with Gasteiger partial charge in [-0.3, -0.25) is 0 Å². The normalized spacial score (nSPS) is 17.0. The average Bonchev–Trinajstić information content (AvgIpc) is 3.42. The number of rotatable bonds is 7. The van der Waals surface area contributed by atoms with Gasteiger partial charge < -0.3 is 13.9 Å². The summed E-state index contributed by atoms with van der Waals surface area (Å²) in [6.07, 6.45) is 9.43. The average molecular weight is 350 g/mol. The van der Waals surface area contributed by atoms with Gasteiger partial charge in [-0.1, -0.05) is 30.3 Å². The Labute approximate surface area is 154 Å². The lowest BCUT2D eigenvalue weighted by molar-refractivity contribution is 0.183. The number of aromatic nitrogens is 4. The van der Waals surface area contributed by atoms with Crippen LogP contribution in [0.4, 0.5) is 0 Å². The largest absolute Gasteiger partial charge is 0.381 e. The van der Waals surface area contributed by atoms with Gasteiger partial charge in [-0.15, -0.1) is 0 Å². The van der Waals surface area contributed by atoms with E-state index in [0.29, 0.717) is 5.92 Å². The zero-order chi connectivity index (χ0) is 17.8. The van der Waals surface area contributed by atoms with Crippen molar-refractivity contribution in [3.8, 4) is 22.8 Å². The third-order valence-corrected chi connectivity index (χ3v) is 5.19. The highest BCUT2D eigenvalue weighted by Crippen LogP contribution is 2.31. The Balaban J connectivity index is 1.64. The summed E-state index contributed by atoms with van der Waals surface area (Å²) in [5.41, 5.74) is 3.26. The molecular weight excluding hydrogens is 324 g/mol. The van der Waals surface area contributed by atoms with E-state index in [1.807, 2.05) is 24.8 Å². The Morgan fingerprint density at radius 2 is 2.04 bits per heavy atom. The second-order valence-corrected chi connectivity index (χ2v) is 6.91. The minimum absolute atomic E-state index is 0.716. The van der Waals surface area contributed by atoms with E-state index in [-0.39, 0.29) is 0 Å². The summed E-state index contributed by atoms with van der Waals surface area (Å²) in [5, 5.41) is 0. The Hall–Kier alpha value is -2.40. The maximum atomic E-state index is 5.50. The molecule has 26 heavy (non-hydrogen) atoms. The fourth-order valence-corrected chi connectivity index (χ4v) is 3.74. The first kappa shape index (κ1) is 17.0. The quantitative estimate of drug-likeness (QED) is 0.640. The predicted molar refractivity (Wildman–Crippen MR) is 103 cm³/mol. The molecule has 3 heterocycles. The second kappa shape index (κ2) is 7.87. The molecule has 5 heteroatoms. The summed E-state index contributed by atoms with van der Waals surface area (Å²) in [5.74, 6) is 1.71. The van der Waals surface area contributed by atoms with Crippen molar-refractivity contribution < 1.29 is 4.74 Å². The van der Waals surface area contributed by atoms with E-state index in [9.17, 15) is 0 Å². The zero-order valence-corrected chi connectivity index (χ0v) is 15.3. The molecule has 2 aromatic heterocycles. The van der Waals surface area contributed by atoms with Crippen molar-refractivity contribution in [2.45, 2.75) is 39.3 Å². The fourth-order valence-electron chi connectivity index (χ4n) is 3.74. The number of hydrogen-bond acceptors (Lipinski definition) is 3. The molecule has 0 spiro atoms. The van der Waals surface area contributed by atoms with Crippen LogP contribution in [0.15, 0.2) is 49.1 Å². The van der Waals surface area contributed by atoms with Crippen LogP contribution in [0, 0.1) is 5.92 Å². The molecule has 0 saturated carbocycles. The van der Waals surface area contributed by atoms with Crippen LogP contribution in [-0.4, -0.2) is 32.3 Å². The summed E-state index contributed by atoms with van der Waals surface area (Å²) >= 11 is 0. The van der Waals surface area contributed by atoms with Crippen LogP contribution in [0.5, 0.6) is 0 Å². The Morgan fingerprint density at radius 1 is 1.15 bits per heavy atom. The third kappa shape index (κ3) is 3.44. The summed E-state index contributed by atoms with van der Waals surface area (Å²) in [7, 11) is 0.